The number of carbonyl (C=O) groups is 1. The molecule has 3 aliphatic carbocycles. The second-order valence-corrected chi connectivity index (χ2v) is 7.18. The zero-order valence-electron chi connectivity index (χ0n) is 12.8. The highest BCUT2D eigenvalue weighted by Gasteiger charge is 2.44. The molecule has 0 bridgehead atoms. The van der Waals surface area contributed by atoms with Crippen molar-refractivity contribution in [1.82, 2.24) is 5.32 Å². The molecule has 1 heterocycles. The second-order valence-electron chi connectivity index (χ2n) is 7.18. The second kappa shape index (κ2) is 5.28. The number of fused-ring (bicyclic) bond motifs is 5. The van der Waals surface area contributed by atoms with E-state index in [1.165, 1.54) is 26.2 Å². The van der Waals surface area contributed by atoms with Crippen LogP contribution in [0.5, 0.6) is 0 Å². The topological polar surface area (TPSA) is 38.3 Å². The Hall–Kier alpha value is -1.09. The van der Waals surface area contributed by atoms with E-state index in [4.69, 9.17) is 4.74 Å². The Morgan fingerprint density at radius 2 is 2.10 bits per heavy atom. The van der Waals surface area contributed by atoms with Crippen LogP contribution < -0.4 is 5.32 Å². The molecule has 0 aromatic rings. The van der Waals surface area contributed by atoms with E-state index in [1.54, 1.807) is 11.1 Å². The summed E-state index contributed by atoms with van der Waals surface area (Å²) < 4.78 is 5.44. The fraction of sp³-hybridized carbons (Fsp3) is 0.722. The molecule has 1 saturated heterocycles. The zero-order chi connectivity index (χ0) is 14.4. The molecule has 3 heteroatoms. The van der Waals surface area contributed by atoms with E-state index < -0.39 is 0 Å². The highest BCUT2D eigenvalue weighted by Crippen LogP contribution is 2.48. The van der Waals surface area contributed by atoms with Gasteiger partial charge < -0.3 is 10.1 Å². The predicted octanol–water partition coefficient (Wildman–Crippen LogP) is 2.97. The van der Waals surface area contributed by atoms with Gasteiger partial charge in [-0.3, -0.25) is 4.79 Å². The third-order valence-corrected chi connectivity index (χ3v) is 6.02. The number of nitrogens with one attached hydrogen (secondary N) is 1. The van der Waals surface area contributed by atoms with Crippen molar-refractivity contribution in [2.75, 3.05) is 6.54 Å². The van der Waals surface area contributed by atoms with Crippen LogP contribution in [0.4, 0.5) is 0 Å². The van der Waals surface area contributed by atoms with E-state index in [0.717, 1.165) is 37.6 Å². The van der Waals surface area contributed by atoms with Crippen molar-refractivity contribution in [2.45, 2.75) is 57.6 Å². The van der Waals surface area contributed by atoms with Crippen LogP contribution >= 0.6 is 0 Å². The number of carbonyl (C=O) groups excluding carboxylic acids is 1. The lowest BCUT2D eigenvalue weighted by atomic mass is 9.66. The molecule has 21 heavy (non-hydrogen) atoms. The third kappa shape index (κ3) is 2.36. The molecule has 3 nitrogen and oxygen atoms in total. The Morgan fingerprint density at radius 1 is 1.19 bits per heavy atom. The summed E-state index contributed by atoms with van der Waals surface area (Å²) in [6, 6.07) is 0.502. The van der Waals surface area contributed by atoms with Crippen LogP contribution in [0.2, 0.25) is 0 Å². The quantitative estimate of drug-likeness (QED) is 0.754. The first-order chi connectivity index (χ1) is 10.2. The van der Waals surface area contributed by atoms with Crippen molar-refractivity contribution >= 4 is 5.97 Å². The maximum atomic E-state index is 11.2. The first-order valence-electron chi connectivity index (χ1n) is 8.53. The number of rotatable bonds is 1. The summed E-state index contributed by atoms with van der Waals surface area (Å²) in [4.78, 5) is 11.2. The maximum Gasteiger partial charge on any atom is 0.302 e. The Bertz CT molecular complexity index is 507. The monoisotopic (exact) mass is 287 g/mol. The van der Waals surface area contributed by atoms with Gasteiger partial charge in [0.05, 0.1) is 0 Å². The van der Waals surface area contributed by atoms with Gasteiger partial charge in [0.1, 0.15) is 6.10 Å². The number of hydrogen-bond donors (Lipinski definition) is 1. The number of ether oxygens (including phenoxy) is 1. The van der Waals surface area contributed by atoms with E-state index in [1.807, 2.05) is 0 Å². The molecule has 1 aliphatic heterocycles. The first-order valence-corrected chi connectivity index (χ1v) is 8.53. The molecule has 0 spiro atoms. The molecular weight excluding hydrogens is 262 g/mol. The molecule has 4 aliphatic rings. The lowest BCUT2D eigenvalue weighted by Crippen LogP contribution is -2.53. The third-order valence-electron chi connectivity index (χ3n) is 6.02. The van der Waals surface area contributed by atoms with Gasteiger partial charge in [0, 0.05) is 25.9 Å². The SMILES string of the molecule is CC(=O)OC1CCC2C3=CC=C4CCCC4C3CNC2C1. The molecule has 2 saturated carbocycles. The van der Waals surface area contributed by atoms with Crippen LogP contribution in [0.3, 0.4) is 0 Å². The molecule has 3 fully saturated rings. The Balaban J connectivity index is 1.51. The minimum atomic E-state index is -0.137. The van der Waals surface area contributed by atoms with Crippen molar-refractivity contribution in [3.63, 3.8) is 0 Å². The zero-order valence-corrected chi connectivity index (χ0v) is 12.8. The Morgan fingerprint density at radius 3 is 2.95 bits per heavy atom. The summed E-state index contributed by atoms with van der Waals surface area (Å²) in [5.74, 6) is 2.07. The molecule has 114 valence electrons. The van der Waals surface area contributed by atoms with E-state index in [0.29, 0.717) is 12.0 Å². The normalized spacial score (nSPS) is 41.3. The van der Waals surface area contributed by atoms with Gasteiger partial charge >= 0.3 is 5.97 Å². The van der Waals surface area contributed by atoms with Crippen molar-refractivity contribution in [2.24, 2.45) is 17.8 Å². The fourth-order valence-electron chi connectivity index (χ4n) is 5.16. The van der Waals surface area contributed by atoms with E-state index in [9.17, 15) is 4.79 Å². The average molecular weight is 287 g/mol. The minimum absolute atomic E-state index is 0.120. The van der Waals surface area contributed by atoms with Crippen molar-refractivity contribution < 1.29 is 9.53 Å². The standard InChI is InChI=1S/C18H25NO2/c1-11(20)21-13-6-8-16-15-7-5-12-3-2-4-14(12)17(15)10-19-18(16)9-13/h5,7,13-14,16-19H,2-4,6,8-10H2,1H3. The number of piperidine rings is 1. The first kappa shape index (κ1) is 13.6. The summed E-state index contributed by atoms with van der Waals surface area (Å²) in [5.41, 5.74) is 3.38. The highest BCUT2D eigenvalue weighted by atomic mass is 16.5. The summed E-state index contributed by atoms with van der Waals surface area (Å²) in [6.45, 7) is 2.63. The number of esters is 1. The average Bonchev–Trinajstić information content (AvgIpc) is 2.94. The molecule has 0 aromatic heterocycles. The van der Waals surface area contributed by atoms with Crippen molar-refractivity contribution in [3.8, 4) is 0 Å². The molecule has 5 unspecified atom stereocenters. The molecule has 1 N–H and O–H groups in total. The summed E-state index contributed by atoms with van der Waals surface area (Å²) >= 11 is 0. The Kier molecular flexibility index (Phi) is 3.41. The van der Waals surface area contributed by atoms with Crippen LogP contribution in [-0.2, 0) is 9.53 Å². The van der Waals surface area contributed by atoms with Gasteiger partial charge in [0.25, 0.3) is 0 Å². The highest BCUT2D eigenvalue weighted by molar-refractivity contribution is 5.66. The molecule has 0 radical (unpaired) electrons. The molecular formula is C18H25NO2. The van der Waals surface area contributed by atoms with Gasteiger partial charge in [-0.05, 0) is 49.9 Å². The van der Waals surface area contributed by atoms with Crippen LogP contribution in [0, 0.1) is 17.8 Å². The lowest BCUT2D eigenvalue weighted by molar-refractivity contribution is -0.148. The van der Waals surface area contributed by atoms with Crippen molar-refractivity contribution in [1.29, 1.82) is 0 Å². The largest absolute Gasteiger partial charge is 0.463 e. The molecule has 0 aromatic carbocycles. The molecule has 5 atom stereocenters. The summed E-state index contributed by atoms with van der Waals surface area (Å²) in [7, 11) is 0. The van der Waals surface area contributed by atoms with E-state index in [2.05, 4.69) is 17.5 Å². The number of hydrogen-bond acceptors (Lipinski definition) is 3. The van der Waals surface area contributed by atoms with Crippen LogP contribution in [-0.4, -0.2) is 24.7 Å². The van der Waals surface area contributed by atoms with E-state index in [-0.39, 0.29) is 12.1 Å². The molecule has 0 amide bonds. The summed E-state index contributed by atoms with van der Waals surface area (Å²) in [6.07, 6.45) is 12.2. The maximum absolute atomic E-state index is 11.2. The lowest BCUT2D eigenvalue weighted by Gasteiger charge is -2.47. The van der Waals surface area contributed by atoms with Crippen LogP contribution in [0.1, 0.15) is 45.4 Å². The summed E-state index contributed by atoms with van der Waals surface area (Å²) in [5, 5.41) is 3.78. The fourth-order valence-corrected chi connectivity index (χ4v) is 5.16. The van der Waals surface area contributed by atoms with Crippen LogP contribution in [0.15, 0.2) is 23.3 Å². The van der Waals surface area contributed by atoms with Crippen LogP contribution in [0.25, 0.3) is 0 Å². The molecule has 4 rings (SSSR count). The van der Waals surface area contributed by atoms with Gasteiger partial charge in [0.2, 0.25) is 0 Å². The van der Waals surface area contributed by atoms with Gasteiger partial charge in [-0.1, -0.05) is 23.3 Å². The number of allylic oxidation sites excluding steroid dienone is 3. The van der Waals surface area contributed by atoms with Crippen molar-refractivity contribution in [3.05, 3.63) is 23.3 Å². The van der Waals surface area contributed by atoms with Gasteiger partial charge in [-0.25, -0.2) is 0 Å². The smallest absolute Gasteiger partial charge is 0.302 e. The Labute approximate surface area is 126 Å². The van der Waals surface area contributed by atoms with Gasteiger partial charge in [0.15, 0.2) is 0 Å². The van der Waals surface area contributed by atoms with Gasteiger partial charge in [-0.2, -0.15) is 0 Å². The predicted molar refractivity (Wildman–Crippen MR) is 81.7 cm³/mol. The van der Waals surface area contributed by atoms with Gasteiger partial charge in [-0.15, -0.1) is 0 Å². The van der Waals surface area contributed by atoms with E-state index >= 15 is 0 Å². The minimum Gasteiger partial charge on any atom is -0.463 e.